The van der Waals surface area contributed by atoms with Crippen molar-refractivity contribution in [2.24, 2.45) is 5.92 Å². The highest BCUT2D eigenvalue weighted by Crippen LogP contribution is 2.27. The minimum Gasteiger partial charge on any atom is -0.447 e. The number of thioether (sulfide) groups is 2. The van der Waals surface area contributed by atoms with E-state index in [9.17, 15) is 14.4 Å². The van der Waals surface area contributed by atoms with E-state index in [4.69, 9.17) is 4.74 Å². The van der Waals surface area contributed by atoms with Crippen LogP contribution in [0.15, 0.2) is 30.3 Å². The number of rotatable bonds is 11. The van der Waals surface area contributed by atoms with Crippen molar-refractivity contribution in [2.75, 3.05) is 36.2 Å². The average molecular weight is 591 g/mol. The third-order valence-electron chi connectivity index (χ3n) is 7.93. The summed E-state index contributed by atoms with van der Waals surface area (Å²) in [6, 6.07) is 9.32. The molecule has 2 saturated heterocycles. The molecule has 3 fully saturated rings. The molecule has 1 unspecified atom stereocenters. The molecule has 0 bridgehead atoms. The first-order valence-corrected chi connectivity index (χ1v) is 17.2. The van der Waals surface area contributed by atoms with Gasteiger partial charge in [0.15, 0.2) is 0 Å². The van der Waals surface area contributed by atoms with Gasteiger partial charge in [-0.1, -0.05) is 49.6 Å². The first-order chi connectivity index (χ1) is 19.4. The van der Waals surface area contributed by atoms with E-state index in [1.165, 1.54) is 54.3 Å². The number of carbonyl (C=O) groups excluding carboxylic acids is 3. The van der Waals surface area contributed by atoms with Crippen LogP contribution in [0.3, 0.4) is 0 Å². The summed E-state index contributed by atoms with van der Waals surface area (Å²) in [7, 11) is 0. The zero-order valence-electron chi connectivity index (χ0n) is 24.0. The van der Waals surface area contributed by atoms with Gasteiger partial charge in [-0.2, -0.15) is 11.8 Å². The predicted molar refractivity (Wildman–Crippen MR) is 163 cm³/mol. The Hall–Kier alpha value is -1.91. The SMILES string of the molecule is CC(C)OC(=O)N1CSC[C@H]1C(=O)NC(CSCC1CCCCC1)C(=O)NC1CCN(Cc2ccccc2)CC1. The molecule has 10 heteroatoms. The Morgan fingerprint density at radius 2 is 1.77 bits per heavy atom. The lowest BCUT2D eigenvalue weighted by molar-refractivity contribution is -0.131. The lowest BCUT2D eigenvalue weighted by Crippen LogP contribution is -2.56. The average Bonchev–Trinajstić information content (AvgIpc) is 3.45. The van der Waals surface area contributed by atoms with E-state index >= 15 is 0 Å². The third-order valence-corrected chi connectivity index (χ3v) is 10.2. The predicted octanol–water partition coefficient (Wildman–Crippen LogP) is 4.49. The van der Waals surface area contributed by atoms with E-state index in [-0.39, 0.29) is 24.0 Å². The second kappa shape index (κ2) is 15.9. The normalized spacial score (nSPS) is 21.8. The van der Waals surface area contributed by atoms with E-state index in [0.717, 1.165) is 38.2 Å². The number of nitrogens with one attached hydrogen (secondary N) is 2. The summed E-state index contributed by atoms with van der Waals surface area (Å²) in [5, 5.41) is 6.26. The van der Waals surface area contributed by atoms with E-state index in [1.54, 1.807) is 25.6 Å². The summed E-state index contributed by atoms with van der Waals surface area (Å²) in [5.74, 6) is 2.77. The number of benzene rings is 1. The van der Waals surface area contributed by atoms with Crippen LogP contribution >= 0.6 is 23.5 Å². The summed E-state index contributed by atoms with van der Waals surface area (Å²) >= 11 is 3.29. The molecule has 2 aliphatic heterocycles. The number of nitrogens with zero attached hydrogens (tertiary/aromatic N) is 2. The van der Waals surface area contributed by atoms with E-state index < -0.39 is 18.2 Å². The summed E-state index contributed by atoms with van der Waals surface area (Å²) in [4.78, 5) is 43.4. The van der Waals surface area contributed by atoms with Crippen LogP contribution < -0.4 is 10.6 Å². The first-order valence-electron chi connectivity index (χ1n) is 14.9. The molecule has 1 aliphatic carbocycles. The Labute approximate surface area is 248 Å². The molecule has 1 aromatic carbocycles. The molecular weight excluding hydrogens is 544 g/mol. The van der Waals surface area contributed by atoms with Gasteiger partial charge in [0.25, 0.3) is 0 Å². The van der Waals surface area contributed by atoms with Crippen molar-refractivity contribution in [3.8, 4) is 0 Å². The number of amides is 3. The molecule has 0 radical (unpaired) electrons. The monoisotopic (exact) mass is 590 g/mol. The highest BCUT2D eigenvalue weighted by atomic mass is 32.2. The topological polar surface area (TPSA) is 91.0 Å². The van der Waals surface area contributed by atoms with Gasteiger partial charge in [0.05, 0.1) is 12.0 Å². The highest BCUT2D eigenvalue weighted by Gasteiger charge is 2.38. The van der Waals surface area contributed by atoms with Gasteiger partial charge >= 0.3 is 6.09 Å². The van der Waals surface area contributed by atoms with Crippen molar-refractivity contribution in [3.63, 3.8) is 0 Å². The van der Waals surface area contributed by atoms with Crippen LogP contribution in [0.25, 0.3) is 0 Å². The van der Waals surface area contributed by atoms with Crippen molar-refractivity contribution in [3.05, 3.63) is 35.9 Å². The van der Waals surface area contributed by atoms with E-state index in [1.807, 2.05) is 6.07 Å². The van der Waals surface area contributed by atoms with Crippen LogP contribution in [0.4, 0.5) is 4.79 Å². The van der Waals surface area contributed by atoms with Crippen molar-refractivity contribution in [1.82, 2.24) is 20.4 Å². The van der Waals surface area contributed by atoms with Crippen molar-refractivity contribution < 1.29 is 19.1 Å². The number of hydrogen-bond acceptors (Lipinski definition) is 7. The third kappa shape index (κ3) is 9.58. The van der Waals surface area contributed by atoms with Crippen LogP contribution in [0, 0.1) is 5.92 Å². The standard InChI is InChI=1S/C30H46N4O4S2/c1-22(2)38-30(37)34-21-40-20-27(34)29(36)32-26(19-39-18-24-11-7-4-8-12-24)28(35)31-25-13-15-33(16-14-25)17-23-9-5-3-6-10-23/h3,5-6,9-10,22,24-27H,4,7-8,11-21H2,1-2H3,(H,31,35)(H,32,36)/t26?,27-/m0/s1. The van der Waals surface area contributed by atoms with Crippen molar-refractivity contribution in [1.29, 1.82) is 0 Å². The Morgan fingerprint density at radius 1 is 1.05 bits per heavy atom. The van der Waals surface area contributed by atoms with Gasteiger partial charge in [-0.3, -0.25) is 19.4 Å². The minimum absolute atomic E-state index is 0.0989. The molecule has 2 heterocycles. The molecule has 1 saturated carbocycles. The number of hydrogen-bond donors (Lipinski definition) is 2. The molecule has 8 nitrogen and oxygen atoms in total. The maximum atomic E-state index is 13.5. The lowest BCUT2D eigenvalue weighted by Gasteiger charge is -2.33. The van der Waals surface area contributed by atoms with Gasteiger partial charge in [-0.05, 0) is 56.8 Å². The lowest BCUT2D eigenvalue weighted by atomic mass is 9.91. The van der Waals surface area contributed by atoms with Crippen LogP contribution in [-0.4, -0.2) is 88.2 Å². The molecule has 1 aromatic rings. The largest absolute Gasteiger partial charge is 0.447 e. The molecule has 2 atom stereocenters. The quantitative estimate of drug-likeness (QED) is 0.393. The maximum Gasteiger partial charge on any atom is 0.411 e. The van der Waals surface area contributed by atoms with Crippen LogP contribution in [-0.2, 0) is 20.9 Å². The van der Waals surface area contributed by atoms with Gasteiger partial charge < -0.3 is 15.4 Å². The molecule has 0 aromatic heterocycles. The molecule has 222 valence electrons. The van der Waals surface area contributed by atoms with Gasteiger partial charge in [0, 0.05) is 37.2 Å². The molecule has 3 aliphatic rings. The molecule has 40 heavy (non-hydrogen) atoms. The Morgan fingerprint density at radius 3 is 2.48 bits per heavy atom. The highest BCUT2D eigenvalue weighted by molar-refractivity contribution is 7.99. The number of piperidine rings is 1. The second-order valence-corrected chi connectivity index (χ2v) is 13.6. The number of likely N-dealkylation sites (tertiary alicyclic amines) is 1. The Balaban J connectivity index is 1.31. The van der Waals surface area contributed by atoms with Crippen molar-refractivity contribution >= 4 is 41.4 Å². The van der Waals surface area contributed by atoms with Gasteiger partial charge in [-0.15, -0.1) is 11.8 Å². The summed E-state index contributed by atoms with van der Waals surface area (Å²) < 4.78 is 5.35. The minimum atomic E-state index is -0.629. The second-order valence-electron chi connectivity index (χ2n) is 11.6. The smallest absolute Gasteiger partial charge is 0.411 e. The molecule has 4 rings (SSSR count). The zero-order valence-corrected chi connectivity index (χ0v) is 25.6. The van der Waals surface area contributed by atoms with Crippen LogP contribution in [0.2, 0.25) is 0 Å². The van der Waals surface area contributed by atoms with Gasteiger partial charge in [0.2, 0.25) is 11.8 Å². The first kappa shape index (κ1) is 31.0. The molecule has 0 spiro atoms. The fourth-order valence-corrected chi connectivity index (χ4v) is 8.06. The summed E-state index contributed by atoms with van der Waals surface area (Å²) in [6.45, 7) is 6.38. The maximum absolute atomic E-state index is 13.5. The van der Waals surface area contributed by atoms with Crippen LogP contribution in [0.1, 0.15) is 64.4 Å². The van der Waals surface area contributed by atoms with E-state index in [0.29, 0.717) is 23.3 Å². The van der Waals surface area contributed by atoms with Gasteiger partial charge in [-0.25, -0.2) is 4.79 Å². The zero-order chi connectivity index (χ0) is 28.3. The molecule has 2 N–H and O–H groups in total. The Kier molecular flexibility index (Phi) is 12.4. The summed E-state index contributed by atoms with van der Waals surface area (Å²) in [5.41, 5.74) is 1.30. The number of carbonyl (C=O) groups is 3. The van der Waals surface area contributed by atoms with E-state index in [2.05, 4.69) is 39.8 Å². The van der Waals surface area contributed by atoms with Crippen LogP contribution in [0.5, 0.6) is 0 Å². The fourth-order valence-electron chi connectivity index (χ4n) is 5.65. The molecular formula is C30H46N4O4S2. The van der Waals surface area contributed by atoms with Crippen molar-refractivity contribution in [2.45, 2.75) is 89.6 Å². The summed E-state index contributed by atoms with van der Waals surface area (Å²) in [6.07, 6.45) is 7.46. The van der Waals surface area contributed by atoms with Gasteiger partial charge in [0.1, 0.15) is 12.1 Å². The Bertz CT molecular complexity index is 952. The number of ether oxygens (including phenoxy) is 1. The fraction of sp³-hybridized carbons (Fsp3) is 0.700. The molecule has 3 amide bonds.